The minimum atomic E-state index is -0.155. The van der Waals surface area contributed by atoms with E-state index < -0.39 is 0 Å². The summed E-state index contributed by atoms with van der Waals surface area (Å²) in [6, 6.07) is 0. The molecule has 1 fully saturated rings. The molecular formula is C20H28N4O2S. The van der Waals surface area contributed by atoms with Crippen molar-refractivity contribution >= 4 is 27.5 Å². The highest BCUT2D eigenvalue weighted by atomic mass is 32.1. The van der Waals surface area contributed by atoms with Crippen LogP contribution in [0, 0.1) is 11.3 Å². The van der Waals surface area contributed by atoms with Crippen molar-refractivity contribution < 1.29 is 4.79 Å². The maximum Gasteiger partial charge on any atom is 0.279 e. The highest BCUT2D eigenvalue weighted by Crippen LogP contribution is 2.41. The second-order valence-electron chi connectivity index (χ2n) is 8.98. The molecule has 1 aliphatic carbocycles. The summed E-state index contributed by atoms with van der Waals surface area (Å²) in [4.78, 5) is 29.4. The molecule has 0 saturated carbocycles. The summed E-state index contributed by atoms with van der Waals surface area (Å²) < 4.78 is 1.27. The van der Waals surface area contributed by atoms with Crippen LogP contribution in [-0.4, -0.2) is 38.9 Å². The van der Waals surface area contributed by atoms with Crippen LogP contribution >= 0.6 is 11.3 Å². The molecule has 7 heteroatoms. The van der Waals surface area contributed by atoms with E-state index >= 15 is 0 Å². The molecule has 1 amide bonds. The van der Waals surface area contributed by atoms with E-state index in [1.807, 2.05) is 4.90 Å². The van der Waals surface area contributed by atoms with Crippen LogP contribution in [0.25, 0.3) is 10.2 Å². The predicted molar refractivity (Wildman–Crippen MR) is 107 cm³/mol. The quantitative estimate of drug-likeness (QED) is 0.793. The van der Waals surface area contributed by atoms with Crippen molar-refractivity contribution in [2.75, 3.05) is 13.1 Å². The number of amides is 1. The topological polar surface area (TPSA) is 68.1 Å². The van der Waals surface area contributed by atoms with Gasteiger partial charge < -0.3 is 4.90 Å². The number of hydrogen-bond acceptors (Lipinski definition) is 5. The van der Waals surface area contributed by atoms with Crippen molar-refractivity contribution in [1.29, 1.82) is 0 Å². The van der Waals surface area contributed by atoms with Crippen molar-refractivity contribution in [2.24, 2.45) is 11.3 Å². The highest BCUT2D eigenvalue weighted by Gasteiger charge is 2.32. The molecule has 2 aromatic rings. The number of aryl methyl sites for hydroxylation is 1. The summed E-state index contributed by atoms with van der Waals surface area (Å²) in [5.41, 5.74) is 1.26. The molecule has 0 spiro atoms. The number of likely N-dealkylation sites (tertiary alicyclic amines) is 1. The summed E-state index contributed by atoms with van der Waals surface area (Å²) in [6.45, 7) is 8.42. The number of carbonyl (C=O) groups excluding carboxylic acids is 1. The zero-order valence-electron chi connectivity index (χ0n) is 16.5. The van der Waals surface area contributed by atoms with Crippen LogP contribution in [-0.2, 0) is 24.2 Å². The van der Waals surface area contributed by atoms with Gasteiger partial charge >= 0.3 is 0 Å². The van der Waals surface area contributed by atoms with Crippen LogP contribution in [0.2, 0.25) is 0 Å². The number of rotatable bonds is 2. The van der Waals surface area contributed by atoms with Gasteiger partial charge in [-0.15, -0.1) is 16.4 Å². The van der Waals surface area contributed by atoms with Crippen molar-refractivity contribution in [1.82, 2.24) is 19.9 Å². The Morgan fingerprint density at radius 3 is 2.67 bits per heavy atom. The Bertz CT molecular complexity index is 918. The third-order valence-electron chi connectivity index (χ3n) is 6.16. The van der Waals surface area contributed by atoms with Gasteiger partial charge in [-0.2, -0.15) is 0 Å². The standard InChI is InChI=1S/C20H28N4O2S/c1-20(2,3)13-7-8-14-15(11-13)27-18-17(14)19(26)24(22-21-18)12-16(25)23-9-5-4-6-10-23/h13H,4-12H2,1-3H3/t13-/m1/s1. The molecule has 1 saturated heterocycles. The molecule has 0 unspecified atom stereocenters. The van der Waals surface area contributed by atoms with Crippen LogP contribution in [0.15, 0.2) is 4.79 Å². The lowest BCUT2D eigenvalue weighted by atomic mass is 9.72. The van der Waals surface area contributed by atoms with E-state index in [9.17, 15) is 9.59 Å². The smallest absolute Gasteiger partial charge is 0.279 e. The van der Waals surface area contributed by atoms with Gasteiger partial charge in [-0.3, -0.25) is 9.59 Å². The highest BCUT2D eigenvalue weighted by molar-refractivity contribution is 7.18. The van der Waals surface area contributed by atoms with Gasteiger partial charge in [0.1, 0.15) is 6.54 Å². The Morgan fingerprint density at radius 1 is 1.22 bits per heavy atom. The lowest BCUT2D eigenvalue weighted by Gasteiger charge is -2.33. The van der Waals surface area contributed by atoms with Crippen molar-refractivity contribution in [3.05, 3.63) is 20.8 Å². The molecule has 0 N–H and O–H groups in total. The first-order valence-electron chi connectivity index (χ1n) is 10.0. The van der Waals surface area contributed by atoms with Crippen LogP contribution in [0.3, 0.4) is 0 Å². The van der Waals surface area contributed by atoms with E-state index in [2.05, 4.69) is 31.1 Å². The van der Waals surface area contributed by atoms with Gasteiger partial charge in [-0.25, -0.2) is 4.68 Å². The fraction of sp³-hybridized carbons (Fsp3) is 0.700. The molecule has 2 aliphatic rings. The van der Waals surface area contributed by atoms with Crippen molar-refractivity contribution in [3.8, 4) is 0 Å². The van der Waals surface area contributed by atoms with Gasteiger partial charge in [0.05, 0.1) is 5.39 Å². The maximum absolute atomic E-state index is 13.1. The average molecular weight is 389 g/mol. The Morgan fingerprint density at radius 2 is 1.96 bits per heavy atom. The lowest BCUT2D eigenvalue weighted by Crippen LogP contribution is -2.40. The number of hydrogen-bond donors (Lipinski definition) is 0. The van der Waals surface area contributed by atoms with Gasteiger partial charge in [0.25, 0.3) is 5.56 Å². The second-order valence-corrected chi connectivity index (χ2v) is 10.1. The minimum Gasteiger partial charge on any atom is -0.341 e. The summed E-state index contributed by atoms with van der Waals surface area (Å²) in [5, 5.41) is 9.06. The average Bonchev–Trinajstić information content (AvgIpc) is 3.02. The predicted octanol–water partition coefficient (Wildman–Crippen LogP) is 3.02. The molecule has 6 nitrogen and oxygen atoms in total. The first-order chi connectivity index (χ1) is 12.8. The fourth-order valence-electron chi connectivity index (χ4n) is 4.34. The number of carbonyl (C=O) groups is 1. The Hall–Kier alpha value is -1.76. The van der Waals surface area contributed by atoms with Crippen molar-refractivity contribution in [2.45, 2.75) is 65.8 Å². The lowest BCUT2D eigenvalue weighted by molar-refractivity contribution is -0.133. The van der Waals surface area contributed by atoms with Crippen LogP contribution < -0.4 is 5.56 Å². The first-order valence-corrected chi connectivity index (χ1v) is 10.8. The number of aromatic nitrogens is 3. The van der Waals surface area contributed by atoms with Gasteiger partial charge in [-0.05, 0) is 55.4 Å². The number of thiophene rings is 1. The van der Waals surface area contributed by atoms with Gasteiger partial charge in [0.2, 0.25) is 5.91 Å². The van der Waals surface area contributed by atoms with Gasteiger partial charge in [-0.1, -0.05) is 26.0 Å². The Kier molecular flexibility index (Phi) is 4.82. The van der Waals surface area contributed by atoms with E-state index in [0.717, 1.165) is 55.6 Å². The SMILES string of the molecule is CC(C)(C)[C@@H]1CCc2c(sc3nnn(CC(=O)N4CCCCC4)c(=O)c23)C1. The van der Waals surface area contributed by atoms with E-state index in [0.29, 0.717) is 11.3 Å². The Labute approximate surface area is 163 Å². The Balaban J connectivity index is 1.63. The fourth-order valence-corrected chi connectivity index (χ4v) is 5.58. The maximum atomic E-state index is 13.1. The van der Waals surface area contributed by atoms with Crippen molar-refractivity contribution in [3.63, 3.8) is 0 Å². The molecule has 27 heavy (non-hydrogen) atoms. The molecule has 1 atom stereocenters. The zero-order chi connectivity index (χ0) is 19.2. The molecular weight excluding hydrogens is 360 g/mol. The van der Waals surface area contributed by atoms with Crippen LogP contribution in [0.1, 0.15) is 56.9 Å². The molecule has 146 valence electrons. The van der Waals surface area contributed by atoms with Crippen LogP contribution in [0.5, 0.6) is 0 Å². The largest absolute Gasteiger partial charge is 0.341 e. The summed E-state index contributed by atoms with van der Waals surface area (Å²) in [6.07, 6.45) is 6.27. The first kappa shape index (κ1) is 18.6. The number of nitrogens with zero attached hydrogens (tertiary/aromatic N) is 4. The molecule has 0 bridgehead atoms. The third-order valence-corrected chi connectivity index (χ3v) is 7.30. The number of fused-ring (bicyclic) bond motifs is 3. The monoisotopic (exact) mass is 388 g/mol. The van der Waals surface area contributed by atoms with E-state index in [1.54, 1.807) is 11.3 Å². The molecule has 1 aliphatic heterocycles. The third kappa shape index (κ3) is 3.53. The summed E-state index contributed by atoms with van der Waals surface area (Å²) in [5.74, 6) is 0.594. The molecule has 3 heterocycles. The minimum absolute atomic E-state index is 0.00297. The number of piperidine rings is 1. The summed E-state index contributed by atoms with van der Waals surface area (Å²) >= 11 is 1.61. The van der Waals surface area contributed by atoms with E-state index in [1.165, 1.54) is 16.0 Å². The van der Waals surface area contributed by atoms with Gasteiger partial charge in [0, 0.05) is 18.0 Å². The molecule has 2 aromatic heterocycles. The molecule has 0 radical (unpaired) electrons. The molecule has 0 aromatic carbocycles. The van der Waals surface area contributed by atoms with Crippen LogP contribution in [0.4, 0.5) is 0 Å². The van der Waals surface area contributed by atoms with E-state index in [4.69, 9.17) is 0 Å². The second kappa shape index (κ2) is 7.00. The van der Waals surface area contributed by atoms with Gasteiger partial charge in [0.15, 0.2) is 4.83 Å². The van der Waals surface area contributed by atoms with E-state index in [-0.39, 0.29) is 23.4 Å². The molecule has 4 rings (SSSR count). The normalized spacial score (nSPS) is 20.7. The zero-order valence-corrected chi connectivity index (χ0v) is 17.3. The summed E-state index contributed by atoms with van der Waals surface area (Å²) in [7, 11) is 0.